The Morgan fingerprint density at radius 3 is 0.643 bits per heavy atom. The third-order valence-electron chi connectivity index (χ3n) is 0. The smallest absolute Gasteiger partial charge is 1.00 e. The fourth-order valence-corrected chi connectivity index (χ4v) is 0. The van der Waals surface area contributed by atoms with Crippen LogP contribution in [0.5, 0.6) is 0 Å². The summed E-state index contributed by atoms with van der Waals surface area (Å²) in [5.41, 5.74) is 0. The first-order chi connectivity index (χ1) is 2.00. The quantitative estimate of drug-likeness (QED) is 0.311. The van der Waals surface area contributed by atoms with Crippen LogP contribution in [0.1, 0.15) is 0 Å². The van der Waals surface area contributed by atoms with Crippen LogP contribution >= 0.6 is 7.82 Å². The Morgan fingerprint density at radius 1 is 0.643 bits per heavy atom. The van der Waals surface area contributed by atoms with Crippen LogP contribution in [-0.2, 0) is 4.57 Å². The summed E-state index contributed by atoms with van der Waals surface area (Å²) in [6.45, 7) is 0. The SMILES string of the molecule is O.O.O.O.O=P([O-])([O-])[O-].[F-].[Na+].[Na+].[Na+].[Na+]. The van der Waals surface area contributed by atoms with Gasteiger partial charge in [0.1, 0.15) is 0 Å². The maximum atomic E-state index is 8.55. The van der Waals surface area contributed by atoms with Crippen LogP contribution < -0.4 is 138 Å². The summed E-state index contributed by atoms with van der Waals surface area (Å²) in [5, 5.41) is 0. The molecule has 0 fully saturated rings. The van der Waals surface area contributed by atoms with E-state index >= 15 is 0 Å². The number of hydrogen-bond donors (Lipinski definition) is 0. The van der Waals surface area contributed by atoms with Gasteiger partial charge >= 0.3 is 118 Å². The van der Waals surface area contributed by atoms with Gasteiger partial charge in [0.25, 0.3) is 0 Å². The van der Waals surface area contributed by atoms with Gasteiger partial charge in [-0.3, -0.25) is 0 Å². The van der Waals surface area contributed by atoms with E-state index in [9.17, 15) is 0 Å². The van der Waals surface area contributed by atoms with Crippen molar-refractivity contribution in [3.63, 3.8) is 0 Å². The van der Waals surface area contributed by atoms with Gasteiger partial charge in [-0.25, -0.2) is 0 Å². The molecular formula is H8FNa4O8P. The van der Waals surface area contributed by atoms with Crippen molar-refractivity contribution < 1.29 is 164 Å². The minimum atomic E-state index is -5.39. The molecule has 8 N–H and O–H groups in total. The maximum Gasteiger partial charge on any atom is 1.00 e. The van der Waals surface area contributed by atoms with Crippen LogP contribution in [0.3, 0.4) is 0 Å². The van der Waals surface area contributed by atoms with E-state index in [0.29, 0.717) is 0 Å². The van der Waals surface area contributed by atoms with Gasteiger partial charge in [0.15, 0.2) is 0 Å². The predicted molar refractivity (Wildman–Crippen MR) is 22.1 cm³/mol. The maximum absolute atomic E-state index is 8.55. The van der Waals surface area contributed by atoms with Crippen molar-refractivity contribution in [2.75, 3.05) is 0 Å². The van der Waals surface area contributed by atoms with Crippen molar-refractivity contribution in [1.82, 2.24) is 0 Å². The van der Waals surface area contributed by atoms with Gasteiger partial charge in [-0.15, -0.1) is 0 Å². The van der Waals surface area contributed by atoms with Gasteiger partial charge in [-0.2, -0.15) is 7.82 Å². The molecule has 0 unspecified atom stereocenters. The van der Waals surface area contributed by atoms with E-state index in [1.165, 1.54) is 0 Å². The summed E-state index contributed by atoms with van der Waals surface area (Å²) in [6, 6.07) is 0. The molecule has 0 aromatic carbocycles. The molecule has 0 spiro atoms. The van der Waals surface area contributed by atoms with Crippen LogP contribution in [0.25, 0.3) is 0 Å². The molecule has 0 heterocycles. The van der Waals surface area contributed by atoms with Crippen LogP contribution in [0.2, 0.25) is 0 Å². The van der Waals surface area contributed by atoms with Gasteiger partial charge < -0.3 is 45.9 Å². The second-order valence-corrected chi connectivity index (χ2v) is 1.34. The average Bonchev–Trinajstić information content (AvgIpc) is 0.722. The van der Waals surface area contributed by atoms with Crippen molar-refractivity contribution in [2.45, 2.75) is 0 Å². The van der Waals surface area contributed by atoms with Crippen molar-refractivity contribution in [3.05, 3.63) is 0 Å². The standard InChI is InChI=1S/FH.4Na.H3O4P.4H2O/c;;;;;1-5(2,3)4;;;;/h1H;;;;;(H3,1,2,3,4);4*1H2/q;4*+1;;;;;/p-4. The van der Waals surface area contributed by atoms with Gasteiger partial charge in [-0.1, -0.05) is 0 Å². The fraction of sp³-hybridized carbons (Fsp3) is 0. The first kappa shape index (κ1) is 82.0. The molecule has 0 amide bonds. The summed E-state index contributed by atoms with van der Waals surface area (Å²) in [6.07, 6.45) is 0. The Hall–Kier alpha value is 3.88. The second-order valence-electron chi connectivity index (χ2n) is 0.447. The molecule has 0 atom stereocenters. The summed E-state index contributed by atoms with van der Waals surface area (Å²) in [5.74, 6) is 0. The van der Waals surface area contributed by atoms with Crippen LogP contribution in [0.4, 0.5) is 0 Å². The van der Waals surface area contributed by atoms with E-state index in [1.807, 2.05) is 0 Å². The van der Waals surface area contributed by atoms with Crippen LogP contribution in [0.15, 0.2) is 0 Å². The molecule has 0 aromatic rings. The molecule has 0 aliphatic rings. The van der Waals surface area contributed by atoms with E-state index in [2.05, 4.69) is 0 Å². The first-order valence-corrected chi connectivity index (χ1v) is 2.19. The molecule has 0 saturated heterocycles. The third kappa shape index (κ3) is 234. The molecule has 14 heavy (non-hydrogen) atoms. The molecule has 0 radical (unpaired) electrons. The number of halogens is 1. The van der Waals surface area contributed by atoms with Gasteiger partial charge in [0.2, 0.25) is 0 Å². The van der Waals surface area contributed by atoms with Crippen molar-refractivity contribution in [1.29, 1.82) is 0 Å². The zero-order valence-electron chi connectivity index (χ0n) is 8.46. The van der Waals surface area contributed by atoms with Crippen molar-refractivity contribution >= 4 is 7.82 Å². The second kappa shape index (κ2) is 43.6. The summed E-state index contributed by atoms with van der Waals surface area (Å²) in [7, 11) is -5.39. The Balaban J connectivity index is -0.00000000222. The van der Waals surface area contributed by atoms with E-state index < -0.39 is 7.82 Å². The molecule has 0 bridgehead atoms. The molecule has 0 saturated carbocycles. The van der Waals surface area contributed by atoms with E-state index in [1.54, 1.807) is 0 Å². The van der Waals surface area contributed by atoms with E-state index in [4.69, 9.17) is 19.2 Å². The largest absolute Gasteiger partial charge is 1.00 e. The summed E-state index contributed by atoms with van der Waals surface area (Å²) in [4.78, 5) is 25.6. The van der Waals surface area contributed by atoms with Crippen LogP contribution in [-0.4, -0.2) is 21.9 Å². The topological polar surface area (TPSA) is 212 Å². The molecule has 0 aromatic heterocycles. The summed E-state index contributed by atoms with van der Waals surface area (Å²) >= 11 is 0. The Kier molecular flexibility index (Phi) is 256. The van der Waals surface area contributed by atoms with E-state index in [-0.39, 0.29) is 145 Å². The first-order valence-electron chi connectivity index (χ1n) is 0.730. The Bertz CT molecular complexity index is 67.5. The van der Waals surface area contributed by atoms with Crippen molar-refractivity contribution in [2.24, 2.45) is 0 Å². The summed E-state index contributed by atoms with van der Waals surface area (Å²) < 4.78 is 8.55. The zero-order valence-corrected chi connectivity index (χ0v) is 17.4. The molecular weight excluding hydrogens is 270 g/mol. The number of rotatable bonds is 0. The van der Waals surface area contributed by atoms with Crippen LogP contribution in [0, 0.1) is 0 Å². The Morgan fingerprint density at radius 2 is 0.643 bits per heavy atom. The predicted octanol–water partition coefficient (Wildman–Crippen LogP) is -21.1. The monoisotopic (exact) mass is 278 g/mol. The molecule has 0 aliphatic heterocycles. The molecule has 72 valence electrons. The zero-order chi connectivity index (χ0) is 4.50. The molecule has 14 heteroatoms. The van der Waals surface area contributed by atoms with Gasteiger partial charge in [-0.05, 0) is 0 Å². The Labute approximate surface area is 169 Å². The number of hydrogen-bond acceptors (Lipinski definition) is 4. The minimum Gasteiger partial charge on any atom is -1.00 e. The van der Waals surface area contributed by atoms with Gasteiger partial charge in [0.05, 0.1) is 0 Å². The fourth-order valence-electron chi connectivity index (χ4n) is 0. The number of phosphoric acid groups is 1. The molecule has 0 rings (SSSR count). The molecule has 8 nitrogen and oxygen atoms in total. The minimum absolute atomic E-state index is 0. The normalized spacial score (nSPS) is 4.21. The van der Waals surface area contributed by atoms with Crippen molar-refractivity contribution in [3.8, 4) is 0 Å². The third-order valence-corrected chi connectivity index (χ3v) is 0. The van der Waals surface area contributed by atoms with Gasteiger partial charge in [0, 0.05) is 0 Å². The van der Waals surface area contributed by atoms with E-state index in [0.717, 1.165) is 0 Å². The average molecular weight is 278 g/mol. The molecule has 0 aliphatic carbocycles.